The van der Waals surface area contributed by atoms with E-state index < -0.39 is 0 Å². The van der Waals surface area contributed by atoms with Crippen LogP contribution in [0.5, 0.6) is 0 Å². The molecule has 1 aromatic heterocycles. The molecule has 1 fully saturated rings. The quantitative estimate of drug-likeness (QED) is 0.731. The molecule has 5 nitrogen and oxygen atoms in total. The van der Waals surface area contributed by atoms with E-state index >= 15 is 0 Å². The average molecular weight is 362 g/mol. The van der Waals surface area contributed by atoms with Crippen LogP contribution in [0.25, 0.3) is 11.0 Å². The van der Waals surface area contributed by atoms with Crippen molar-refractivity contribution in [2.75, 3.05) is 24.5 Å². The van der Waals surface area contributed by atoms with Gasteiger partial charge < -0.3 is 15.2 Å². The number of aryl methyl sites for hydroxylation is 1. The minimum Gasteiger partial charge on any atom is -0.356 e. The fourth-order valence-electron chi connectivity index (χ4n) is 3.73. The van der Waals surface area contributed by atoms with Gasteiger partial charge in [0.25, 0.3) is 0 Å². The summed E-state index contributed by atoms with van der Waals surface area (Å²) in [6.45, 7) is 4.50. The van der Waals surface area contributed by atoms with Gasteiger partial charge in [0, 0.05) is 25.6 Å². The number of H-pyrrole nitrogens is 1. The maximum absolute atomic E-state index is 12.5. The van der Waals surface area contributed by atoms with Crippen molar-refractivity contribution in [3.05, 3.63) is 59.7 Å². The molecule has 140 valence electrons. The fourth-order valence-corrected chi connectivity index (χ4v) is 3.73. The van der Waals surface area contributed by atoms with Crippen LogP contribution < -0.4 is 10.2 Å². The van der Waals surface area contributed by atoms with E-state index in [1.54, 1.807) is 0 Å². The first-order valence-corrected chi connectivity index (χ1v) is 9.72. The van der Waals surface area contributed by atoms with E-state index in [-0.39, 0.29) is 11.8 Å². The number of nitrogens with zero attached hydrogens (tertiary/aromatic N) is 2. The Morgan fingerprint density at radius 3 is 2.74 bits per heavy atom. The maximum Gasteiger partial charge on any atom is 0.223 e. The summed E-state index contributed by atoms with van der Waals surface area (Å²) in [6, 6.07) is 16.5. The number of carbonyl (C=O) groups excluding carboxylic acids is 1. The number of benzene rings is 2. The summed E-state index contributed by atoms with van der Waals surface area (Å²) in [7, 11) is 0. The topological polar surface area (TPSA) is 61.0 Å². The van der Waals surface area contributed by atoms with Crippen molar-refractivity contribution < 1.29 is 4.79 Å². The van der Waals surface area contributed by atoms with Crippen molar-refractivity contribution in [2.24, 2.45) is 5.92 Å². The molecule has 2 heterocycles. The van der Waals surface area contributed by atoms with Gasteiger partial charge in [-0.2, -0.15) is 0 Å². The summed E-state index contributed by atoms with van der Waals surface area (Å²) in [5.41, 5.74) is 4.55. The second kappa shape index (κ2) is 7.82. The van der Waals surface area contributed by atoms with Crippen LogP contribution in [0.4, 0.5) is 5.95 Å². The van der Waals surface area contributed by atoms with E-state index in [9.17, 15) is 4.79 Å². The zero-order chi connectivity index (χ0) is 18.6. The Labute approximate surface area is 159 Å². The van der Waals surface area contributed by atoms with E-state index in [2.05, 4.69) is 52.5 Å². The molecule has 0 aliphatic carbocycles. The molecule has 1 aliphatic heterocycles. The zero-order valence-corrected chi connectivity index (χ0v) is 15.7. The summed E-state index contributed by atoms with van der Waals surface area (Å²) >= 11 is 0. The first kappa shape index (κ1) is 17.6. The van der Waals surface area contributed by atoms with Gasteiger partial charge in [-0.3, -0.25) is 4.79 Å². The van der Waals surface area contributed by atoms with Gasteiger partial charge in [-0.15, -0.1) is 0 Å². The predicted molar refractivity (Wildman–Crippen MR) is 109 cm³/mol. The number of fused-ring (bicyclic) bond motifs is 1. The van der Waals surface area contributed by atoms with Crippen LogP contribution in [-0.2, 0) is 11.2 Å². The van der Waals surface area contributed by atoms with Gasteiger partial charge in [0.2, 0.25) is 11.9 Å². The molecule has 1 saturated heterocycles. The summed E-state index contributed by atoms with van der Waals surface area (Å²) in [5.74, 6) is 1.20. The third-order valence-corrected chi connectivity index (χ3v) is 5.35. The molecule has 2 aromatic carbocycles. The molecule has 4 rings (SSSR count). The van der Waals surface area contributed by atoms with Gasteiger partial charge in [0.1, 0.15) is 0 Å². The molecule has 0 spiro atoms. The largest absolute Gasteiger partial charge is 0.356 e. The van der Waals surface area contributed by atoms with E-state index in [0.717, 1.165) is 49.3 Å². The fraction of sp³-hybridized carbons (Fsp3) is 0.364. The van der Waals surface area contributed by atoms with Gasteiger partial charge in [-0.25, -0.2) is 4.98 Å². The third kappa shape index (κ3) is 4.13. The number of aromatic amines is 1. The molecule has 0 bridgehead atoms. The van der Waals surface area contributed by atoms with Crippen molar-refractivity contribution in [1.82, 2.24) is 15.3 Å². The smallest absolute Gasteiger partial charge is 0.223 e. The number of nitrogens with one attached hydrogen (secondary N) is 2. The lowest BCUT2D eigenvalue weighted by Crippen LogP contribution is -2.41. The monoisotopic (exact) mass is 362 g/mol. The van der Waals surface area contributed by atoms with E-state index in [1.807, 2.05) is 18.2 Å². The second-order valence-corrected chi connectivity index (χ2v) is 7.37. The molecule has 2 N–H and O–H groups in total. The van der Waals surface area contributed by atoms with Crippen LogP contribution in [0.2, 0.25) is 0 Å². The van der Waals surface area contributed by atoms with Gasteiger partial charge in [0.15, 0.2) is 0 Å². The Morgan fingerprint density at radius 2 is 1.96 bits per heavy atom. The Hall–Kier alpha value is -2.82. The van der Waals surface area contributed by atoms with E-state index in [1.165, 1.54) is 11.1 Å². The normalized spacial score (nSPS) is 15.2. The molecular weight excluding hydrogens is 336 g/mol. The third-order valence-electron chi connectivity index (χ3n) is 5.35. The minimum absolute atomic E-state index is 0.101. The van der Waals surface area contributed by atoms with Crippen LogP contribution >= 0.6 is 0 Å². The molecule has 1 aliphatic rings. The highest BCUT2D eigenvalue weighted by Crippen LogP contribution is 2.24. The van der Waals surface area contributed by atoms with Crippen LogP contribution in [0.1, 0.15) is 24.0 Å². The number of hydrogen-bond acceptors (Lipinski definition) is 3. The van der Waals surface area contributed by atoms with Crippen molar-refractivity contribution in [3.63, 3.8) is 0 Å². The molecular formula is C22H26N4O. The number of rotatable bonds is 5. The number of hydrogen-bond donors (Lipinski definition) is 2. The summed E-state index contributed by atoms with van der Waals surface area (Å²) in [5, 5.41) is 3.10. The van der Waals surface area contributed by atoms with E-state index in [4.69, 9.17) is 4.98 Å². The second-order valence-electron chi connectivity index (χ2n) is 7.37. The number of imidazole rings is 1. The number of aromatic nitrogens is 2. The Balaban J connectivity index is 1.28. The lowest BCUT2D eigenvalue weighted by atomic mass is 9.96. The van der Waals surface area contributed by atoms with Crippen LogP contribution in [0.15, 0.2) is 48.5 Å². The Morgan fingerprint density at radius 1 is 1.19 bits per heavy atom. The first-order valence-electron chi connectivity index (χ1n) is 9.72. The van der Waals surface area contributed by atoms with Gasteiger partial charge in [0.05, 0.1) is 11.0 Å². The number of anilines is 1. The molecule has 5 heteroatoms. The highest BCUT2D eigenvalue weighted by atomic mass is 16.1. The van der Waals surface area contributed by atoms with Crippen LogP contribution in [0, 0.1) is 12.8 Å². The molecule has 27 heavy (non-hydrogen) atoms. The predicted octanol–water partition coefficient (Wildman–Crippen LogP) is 3.45. The minimum atomic E-state index is 0.101. The zero-order valence-electron chi connectivity index (χ0n) is 15.7. The molecule has 0 unspecified atom stereocenters. The lowest BCUT2D eigenvalue weighted by Gasteiger charge is -2.31. The average Bonchev–Trinajstić information content (AvgIpc) is 3.12. The molecule has 0 radical (unpaired) electrons. The maximum atomic E-state index is 12.5. The van der Waals surface area contributed by atoms with Crippen molar-refractivity contribution in [3.8, 4) is 0 Å². The summed E-state index contributed by atoms with van der Waals surface area (Å²) in [4.78, 5) is 22.8. The van der Waals surface area contributed by atoms with Gasteiger partial charge in [-0.05, 0) is 49.4 Å². The summed E-state index contributed by atoms with van der Waals surface area (Å²) in [6.07, 6.45) is 2.62. The number of amides is 1. The van der Waals surface area contributed by atoms with Crippen LogP contribution in [-0.4, -0.2) is 35.5 Å². The lowest BCUT2D eigenvalue weighted by molar-refractivity contribution is -0.125. The molecule has 1 amide bonds. The summed E-state index contributed by atoms with van der Waals surface area (Å²) < 4.78 is 0. The van der Waals surface area contributed by atoms with Crippen molar-refractivity contribution in [1.29, 1.82) is 0 Å². The molecule has 0 saturated carbocycles. The molecule has 3 aromatic rings. The highest BCUT2D eigenvalue weighted by Gasteiger charge is 2.26. The van der Waals surface area contributed by atoms with Crippen LogP contribution in [0.3, 0.4) is 0 Å². The number of carbonyl (C=O) groups is 1. The highest BCUT2D eigenvalue weighted by molar-refractivity contribution is 5.80. The standard InChI is InChI=1S/C22H26N4O/c1-16-7-8-19-20(15-16)25-22(24-19)26-13-10-18(11-14-26)21(27)23-12-9-17-5-3-2-4-6-17/h2-8,15,18H,9-14H2,1H3,(H,23,27)(H,24,25). The Kier molecular flexibility index (Phi) is 5.10. The number of piperidine rings is 1. The SMILES string of the molecule is Cc1ccc2nc(N3CCC(C(=O)NCCc4ccccc4)CC3)[nH]c2c1. The van der Waals surface area contributed by atoms with Gasteiger partial charge in [-0.1, -0.05) is 36.4 Å². The van der Waals surface area contributed by atoms with Gasteiger partial charge >= 0.3 is 0 Å². The first-order chi connectivity index (χ1) is 13.2. The molecule has 0 atom stereocenters. The van der Waals surface area contributed by atoms with Crippen molar-refractivity contribution in [2.45, 2.75) is 26.2 Å². The van der Waals surface area contributed by atoms with Crippen molar-refractivity contribution >= 4 is 22.9 Å². The Bertz CT molecular complexity index is 910. The van der Waals surface area contributed by atoms with E-state index in [0.29, 0.717) is 6.54 Å².